The SMILES string of the molecule is FC(F)c1nnc(-c2cnc(Nc3cc(-c4ccc(N5CCOCC5)cc4)c4nc[nH]c4c3)nc2)o1. The number of nitrogens with zero attached hydrogens (tertiary/aromatic N) is 6. The van der Waals surface area contributed by atoms with Crippen LogP contribution in [0.5, 0.6) is 0 Å². The molecule has 5 aromatic rings. The van der Waals surface area contributed by atoms with Gasteiger partial charge in [-0.15, -0.1) is 10.2 Å². The van der Waals surface area contributed by atoms with E-state index in [1.54, 1.807) is 6.33 Å². The summed E-state index contributed by atoms with van der Waals surface area (Å²) in [7, 11) is 0. The molecule has 0 unspecified atom stereocenters. The molecule has 182 valence electrons. The van der Waals surface area contributed by atoms with E-state index >= 15 is 0 Å². The largest absolute Gasteiger partial charge is 0.415 e. The maximum absolute atomic E-state index is 12.7. The highest BCUT2D eigenvalue weighted by molar-refractivity contribution is 5.95. The molecule has 6 rings (SSSR count). The highest BCUT2D eigenvalue weighted by Gasteiger charge is 2.18. The third-order valence-electron chi connectivity index (χ3n) is 5.86. The second kappa shape index (κ2) is 9.30. The van der Waals surface area contributed by atoms with Crippen LogP contribution in [0.3, 0.4) is 0 Å². The molecular formula is C24H20F2N8O2. The summed E-state index contributed by atoms with van der Waals surface area (Å²) in [5.41, 5.74) is 5.93. The molecule has 0 saturated carbocycles. The fourth-order valence-corrected chi connectivity index (χ4v) is 4.09. The van der Waals surface area contributed by atoms with Crippen molar-refractivity contribution in [1.82, 2.24) is 30.1 Å². The molecule has 12 heteroatoms. The number of alkyl halides is 2. The van der Waals surface area contributed by atoms with Gasteiger partial charge < -0.3 is 24.4 Å². The van der Waals surface area contributed by atoms with E-state index in [4.69, 9.17) is 9.15 Å². The van der Waals surface area contributed by atoms with Crippen molar-refractivity contribution >= 4 is 28.4 Å². The molecule has 36 heavy (non-hydrogen) atoms. The Morgan fingerprint density at radius 1 is 0.944 bits per heavy atom. The van der Waals surface area contributed by atoms with Crippen molar-refractivity contribution in [3.05, 3.63) is 61.0 Å². The van der Waals surface area contributed by atoms with Gasteiger partial charge in [-0.2, -0.15) is 8.78 Å². The molecule has 1 saturated heterocycles. The molecule has 0 bridgehead atoms. The van der Waals surface area contributed by atoms with E-state index in [0.29, 0.717) is 11.5 Å². The lowest BCUT2D eigenvalue weighted by atomic mass is 10.0. The van der Waals surface area contributed by atoms with Gasteiger partial charge in [-0.3, -0.25) is 0 Å². The Balaban J connectivity index is 1.25. The Morgan fingerprint density at radius 2 is 1.72 bits per heavy atom. The highest BCUT2D eigenvalue weighted by Crippen LogP contribution is 2.32. The van der Waals surface area contributed by atoms with Crippen LogP contribution in [0.15, 0.2) is 59.5 Å². The van der Waals surface area contributed by atoms with Gasteiger partial charge in [0, 0.05) is 42.4 Å². The number of rotatable bonds is 6. The van der Waals surface area contributed by atoms with E-state index in [-0.39, 0.29) is 5.89 Å². The zero-order valence-corrected chi connectivity index (χ0v) is 18.9. The van der Waals surface area contributed by atoms with Crippen LogP contribution in [-0.2, 0) is 4.74 Å². The quantitative estimate of drug-likeness (QED) is 0.352. The molecule has 0 amide bonds. The van der Waals surface area contributed by atoms with Crippen molar-refractivity contribution in [2.45, 2.75) is 6.43 Å². The van der Waals surface area contributed by atoms with Gasteiger partial charge in [0.05, 0.1) is 36.1 Å². The summed E-state index contributed by atoms with van der Waals surface area (Å²) in [6.45, 7) is 3.22. The van der Waals surface area contributed by atoms with E-state index in [0.717, 1.165) is 59.8 Å². The monoisotopic (exact) mass is 490 g/mol. The van der Waals surface area contributed by atoms with Crippen LogP contribution in [0.4, 0.5) is 26.1 Å². The van der Waals surface area contributed by atoms with Gasteiger partial charge in [0.25, 0.3) is 11.8 Å². The number of hydrogen-bond acceptors (Lipinski definition) is 9. The lowest BCUT2D eigenvalue weighted by Crippen LogP contribution is -2.36. The van der Waals surface area contributed by atoms with Crippen molar-refractivity contribution in [1.29, 1.82) is 0 Å². The molecule has 2 N–H and O–H groups in total. The molecule has 0 atom stereocenters. The molecule has 1 fully saturated rings. The average Bonchev–Trinajstić information content (AvgIpc) is 3.60. The number of fused-ring (bicyclic) bond motifs is 1. The number of halogens is 2. The summed E-state index contributed by atoms with van der Waals surface area (Å²) in [6, 6.07) is 12.3. The van der Waals surface area contributed by atoms with Gasteiger partial charge >= 0.3 is 6.43 Å². The van der Waals surface area contributed by atoms with Crippen LogP contribution in [-0.4, -0.2) is 56.4 Å². The molecule has 0 spiro atoms. The molecular weight excluding hydrogens is 470 g/mol. The zero-order valence-electron chi connectivity index (χ0n) is 18.9. The second-order valence-electron chi connectivity index (χ2n) is 8.14. The van der Waals surface area contributed by atoms with Crippen LogP contribution in [0.1, 0.15) is 12.3 Å². The number of imidazole rings is 1. The first-order valence-corrected chi connectivity index (χ1v) is 11.3. The van der Waals surface area contributed by atoms with E-state index in [1.807, 2.05) is 12.1 Å². The van der Waals surface area contributed by atoms with Crippen LogP contribution >= 0.6 is 0 Å². The number of anilines is 3. The minimum atomic E-state index is -2.84. The van der Waals surface area contributed by atoms with E-state index in [9.17, 15) is 8.78 Å². The Morgan fingerprint density at radius 3 is 2.44 bits per heavy atom. The van der Waals surface area contributed by atoms with Gasteiger partial charge in [-0.25, -0.2) is 15.0 Å². The Hall–Kier alpha value is -4.45. The Labute approximate surface area is 203 Å². The van der Waals surface area contributed by atoms with Gasteiger partial charge in [0.15, 0.2) is 0 Å². The number of ether oxygens (including phenoxy) is 1. The smallest absolute Gasteiger partial charge is 0.314 e. The third kappa shape index (κ3) is 4.33. The normalized spacial score (nSPS) is 14.0. The van der Waals surface area contributed by atoms with Crippen LogP contribution < -0.4 is 10.2 Å². The van der Waals surface area contributed by atoms with E-state index in [2.05, 4.69) is 64.6 Å². The Bertz CT molecular complexity index is 1480. The number of benzene rings is 2. The van der Waals surface area contributed by atoms with Crippen LogP contribution in [0.2, 0.25) is 0 Å². The second-order valence-corrected chi connectivity index (χ2v) is 8.14. The first-order chi connectivity index (χ1) is 17.6. The third-order valence-corrected chi connectivity index (χ3v) is 5.86. The predicted octanol–water partition coefficient (Wildman–Crippen LogP) is 4.59. The van der Waals surface area contributed by atoms with Crippen molar-refractivity contribution in [2.24, 2.45) is 0 Å². The number of hydrogen-bond donors (Lipinski definition) is 2. The van der Waals surface area contributed by atoms with E-state index in [1.165, 1.54) is 12.4 Å². The first-order valence-electron chi connectivity index (χ1n) is 11.3. The average molecular weight is 490 g/mol. The van der Waals surface area contributed by atoms with Crippen molar-refractivity contribution < 1.29 is 17.9 Å². The lowest BCUT2D eigenvalue weighted by Gasteiger charge is -2.29. The molecule has 2 aromatic carbocycles. The Kier molecular flexibility index (Phi) is 5.70. The number of aromatic amines is 1. The van der Waals surface area contributed by atoms with Gasteiger partial charge in [0.1, 0.15) is 0 Å². The molecule has 3 aromatic heterocycles. The van der Waals surface area contributed by atoms with Gasteiger partial charge in [-0.1, -0.05) is 12.1 Å². The number of nitrogens with one attached hydrogen (secondary N) is 2. The summed E-state index contributed by atoms with van der Waals surface area (Å²) < 4.78 is 35.8. The fourth-order valence-electron chi connectivity index (χ4n) is 4.09. The summed E-state index contributed by atoms with van der Waals surface area (Å²) in [6.07, 6.45) is 1.68. The summed E-state index contributed by atoms with van der Waals surface area (Å²) in [4.78, 5) is 18.5. The zero-order chi connectivity index (χ0) is 24.5. The molecule has 1 aliphatic heterocycles. The molecule has 1 aliphatic rings. The minimum Gasteiger partial charge on any atom is -0.415 e. The maximum Gasteiger partial charge on any atom is 0.314 e. The van der Waals surface area contributed by atoms with Crippen molar-refractivity contribution in [3.63, 3.8) is 0 Å². The fraction of sp³-hybridized carbons (Fsp3) is 0.208. The predicted molar refractivity (Wildman–Crippen MR) is 128 cm³/mol. The number of morpholine rings is 1. The van der Waals surface area contributed by atoms with E-state index < -0.39 is 12.3 Å². The summed E-state index contributed by atoms with van der Waals surface area (Å²) in [5.74, 6) is -0.496. The van der Waals surface area contributed by atoms with Gasteiger partial charge in [-0.05, 0) is 29.8 Å². The number of aromatic nitrogens is 6. The molecule has 0 aliphatic carbocycles. The highest BCUT2D eigenvalue weighted by atomic mass is 19.3. The van der Waals surface area contributed by atoms with Gasteiger partial charge in [0.2, 0.25) is 5.95 Å². The maximum atomic E-state index is 12.7. The topological polar surface area (TPSA) is 118 Å². The lowest BCUT2D eigenvalue weighted by molar-refractivity contribution is 0.116. The number of H-pyrrole nitrogens is 1. The summed E-state index contributed by atoms with van der Waals surface area (Å²) >= 11 is 0. The van der Waals surface area contributed by atoms with Crippen LogP contribution in [0, 0.1) is 0 Å². The standard InChI is InChI=1S/C24H20F2N8O2/c25-21(26)23-33-32-22(36-23)15-11-27-24(28-12-15)31-16-9-18(20-19(10-16)29-13-30-20)14-1-3-17(4-2-14)34-5-7-35-8-6-34/h1-4,9-13,21H,5-8H2,(H,29,30)(H,27,28,31). The molecule has 10 nitrogen and oxygen atoms in total. The molecule has 4 heterocycles. The van der Waals surface area contributed by atoms with Crippen molar-refractivity contribution in [2.75, 3.05) is 36.5 Å². The minimum absolute atomic E-state index is 0.0708. The first kappa shape index (κ1) is 22.0. The van der Waals surface area contributed by atoms with Crippen LogP contribution in [0.25, 0.3) is 33.6 Å². The summed E-state index contributed by atoms with van der Waals surface area (Å²) in [5, 5.41) is 10.1. The van der Waals surface area contributed by atoms with Crippen molar-refractivity contribution in [3.8, 4) is 22.6 Å². The molecule has 0 radical (unpaired) electrons.